The molecule has 0 aliphatic heterocycles. The molecule has 19 heavy (non-hydrogen) atoms. The molecule has 0 aliphatic rings. The second kappa shape index (κ2) is 4.90. The molecule has 3 nitrogen and oxygen atoms in total. The van der Waals surface area contributed by atoms with Crippen LogP contribution in [0.1, 0.15) is 9.67 Å². The van der Waals surface area contributed by atoms with Gasteiger partial charge in [0.05, 0.1) is 5.69 Å². The van der Waals surface area contributed by atoms with E-state index in [1.54, 1.807) is 23.5 Å². The number of hydrogen-bond acceptors (Lipinski definition) is 3. The minimum atomic E-state index is -4.45. The van der Waals surface area contributed by atoms with Gasteiger partial charge in [0.2, 0.25) is 0 Å². The smallest absolute Gasteiger partial charge is 0.397 e. The van der Waals surface area contributed by atoms with Gasteiger partial charge in [0.15, 0.2) is 0 Å². The molecule has 1 heterocycles. The van der Waals surface area contributed by atoms with E-state index in [0.29, 0.717) is 15.1 Å². The van der Waals surface area contributed by atoms with Crippen molar-refractivity contribution in [3.8, 4) is 0 Å². The average Bonchev–Trinajstić information content (AvgIpc) is 2.63. The molecule has 0 unspecified atom stereocenters. The van der Waals surface area contributed by atoms with Gasteiger partial charge in [0, 0.05) is 15.1 Å². The molecule has 102 valence electrons. The number of benzene rings is 1. The molecule has 0 aliphatic carbocycles. The number of nitrogens with two attached hydrogens (primary N) is 1. The van der Waals surface area contributed by atoms with Crippen LogP contribution in [-0.2, 0) is 0 Å². The number of fused-ring (bicyclic) bond motifs is 1. The number of amides is 1. The van der Waals surface area contributed by atoms with Gasteiger partial charge >= 0.3 is 6.18 Å². The summed E-state index contributed by atoms with van der Waals surface area (Å²) in [6.07, 6.45) is -4.45. The molecule has 0 fully saturated rings. The highest BCUT2D eigenvalue weighted by atomic mass is 35.5. The second-order valence-electron chi connectivity index (χ2n) is 3.78. The van der Waals surface area contributed by atoms with Crippen LogP contribution >= 0.6 is 22.9 Å². The van der Waals surface area contributed by atoms with Crippen LogP contribution in [0.5, 0.6) is 0 Å². The molecule has 0 spiro atoms. The fourth-order valence-electron chi connectivity index (χ4n) is 1.52. The van der Waals surface area contributed by atoms with Crippen molar-refractivity contribution in [1.29, 1.82) is 0 Å². The number of carbonyl (C=O) groups is 1. The van der Waals surface area contributed by atoms with Gasteiger partial charge in [-0.1, -0.05) is 11.6 Å². The first-order valence-electron chi connectivity index (χ1n) is 5.10. The molecule has 2 aromatic rings. The number of nitrogens with one attached hydrogen (secondary N) is 1. The predicted octanol–water partition coefficient (Wildman–Crippen LogP) is 3.43. The van der Waals surface area contributed by atoms with Crippen LogP contribution in [0.2, 0.25) is 5.02 Å². The molecule has 0 saturated carbocycles. The molecule has 0 radical (unpaired) electrons. The molecule has 1 aromatic carbocycles. The summed E-state index contributed by atoms with van der Waals surface area (Å²) in [6.45, 7) is -1.39. The molecule has 1 aromatic heterocycles. The van der Waals surface area contributed by atoms with Gasteiger partial charge in [-0.2, -0.15) is 13.2 Å². The van der Waals surface area contributed by atoms with Gasteiger partial charge in [-0.25, -0.2) is 0 Å². The molecule has 2 rings (SSSR count). The lowest BCUT2D eigenvalue weighted by Gasteiger charge is -2.07. The molecular formula is C11H8ClF3N2OS. The van der Waals surface area contributed by atoms with Gasteiger partial charge in [-0.3, -0.25) is 4.79 Å². The van der Waals surface area contributed by atoms with E-state index in [0.717, 1.165) is 11.3 Å². The van der Waals surface area contributed by atoms with Crippen molar-refractivity contribution < 1.29 is 18.0 Å². The monoisotopic (exact) mass is 308 g/mol. The molecule has 0 saturated heterocycles. The zero-order valence-electron chi connectivity index (χ0n) is 9.34. The number of thiophene rings is 1. The number of alkyl halides is 3. The maximum Gasteiger partial charge on any atom is 0.405 e. The minimum Gasteiger partial charge on any atom is -0.397 e. The molecular weight excluding hydrogens is 301 g/mol. The number of nitrogen functional groups attached to an aromatic ring is 1. The Morgan fingerprint density at radius 2 is 2.11 bits per heavy atom. The zero-order valence-corrected chi connectivity index (χ0v) is 10.9. The van der Waals surface area contributed by atoms with Crippen LogP contribution in [0, 0.1) is 0 Å². The Balaban J connectivity index is 2.30. The van der Waals surface area contributed by atoms with E-state index in [1.807, 2.05) is 0 Å². The first kappa shape index (κ1) is 14.0. The van der Waals surface area contributed by atoms with Crippen LogP contribution < -0.4 is 11.1 Å². The summed E-state index contributed by atoms with van der Waals surface area (Å²) >= 11 is 6.83. The maximum absolute atomic E-state index is 12.0. The van der Waals surface area contributed by atoms with Crippen molar-refractivity contribution in [3.05, 3.63) is 28.1 Å². The first-order valence-corrected chi connectivity index (χ1v) is 6.30. The Morgan fingerprint density at radius 3 is 2.74 bits per heavy atom. The number of anilines is 1. The largest absolute Gasteiger partial charge is 0.405 e. The van der Waals surface area contributed by atoms with Crippen molar-refractivity contribution in [2.75, 3.05) is 12.3 Å². The summed E-state index contributed by atoms with van der Waals surface area (Å²) in [4.78, 5) is 11.7. The van der Waals surface area contributed by atoms with Crippen LogP contribution in [-0.4, -0.2) is 18.6 Å². The van der Waals surface area contributed by atoms with Crippen molar-refractivity contribution in [2.24, 2.45) is 0 Å². The molecule has 8 heteroatoms. The zero-order chi connectivity index (χ0) is 14.2. The average molecular weight is 309 g/mol. The maximum atomic E-state index is 12.0. The molecule has 0 atom stereocenters. The Morgan fingerprint density at radius 1 is 1.42 bits per heavy atom. The summed E-state index contributed by atoms with van der Waals surface area (Å²) < 4.78 is 36.8. The van der Waals surface area contributed by atoms with Crippen LogP contribution in [0.15, 0.2) is 18.2 Å². The van der Waals surface area contributed by atoms with E-state index in [9.17, 15) is 18.0 Å². The fraction of sp³-hybridized carbons (Fsp3) is 0.182. The third-order valence-electron chi connectivity index (χ3n) is 2.34. The predicted molar refractivity (Wildman–Crippen MR) is 69.6 cm³/mol. The lowest BCUT2D eigenvalue weighted by molar-refractivity contribution is -0.123. The van der Waals surface area contributed by atoms with Gasteiger partial charge in [-0.15, -0.1) is 11.3 Å². The standard InChI is InChI=1S/C11H8ClF3N2OS/c12-5-1-2-7-6(3-5)8(16)9(19-7)10(18)17-4-11(13,14)15/h1-3H,4,16H2,(H,17,18). The van der Waals surface area contributed by atoms with Crippen LogP contribution in [0.3, 0.4) is 0 Å². The third kappa shape index (κ3) is 3.10. The molecule has 3 N–H and O–H groups in total. The van der Waals surface area contributed by atoms with Gasteiger partial charge in [0.25, 0.3) is 5.91 Å². The SMILES string of the molecule is Nc1c(C(=O)NCC(F)(F)F)sc2ccc(Cl)cc12. The lowest BCUT2D eigenvalue weighted by atomic mass is 10.2. The number of rotatable bonds is 2. The summed E-state index contributed by atoms with van der Waals surface area (Å²) in [6, 6.07) is 4.86. The van der Waals surface area contributed by atoms with Crippen molar-refractivity contribution >= 4 is 44.6 Å². The van der Waals surface area contributed by atoms with Crippen molar-refractivity contribution in [2.45, 2.75) is 6.18 Å². The highest BCUT2D eigenvalue weighted by Gasteiger charge is 2.28. The highest BCUT2D eigenvalue weighted by Crippen LogP contribution is 2.35. The first-order chi connectivity index (χ1) is 8.78. The quantitative estimate of drug-likeness (QED) is 0.893. The van der Waals surface area contributed by atoms with E-state index in [4.69, 9.17) is 17.3 Å². The van der Waals surface area contributed by atoms with E-state index in [2.05, 4.69) is 0 Å². The Kier molecular flexibility index (Phi) is 3.60. The summed E-state index contributed by atoms with van der Waals surface area (Å²) in [5, 5.41) is 2.80. The normalized spacial score (nSPS) is 11.8. The van der Waals surface area contributed by atoms with E-state index in [1.165, 1.54) is 0 Å². The Bertz CT molecular complexity index is 639. The topological polar surface area (TPSA) is 55.1 Å². The molecule has 1 amide bonds. The third-order valence-corrected chi connectivity index (χ3v) is 3.76. The van der Waals surface area contributed by atoms with Crippen LogP contribution in [0.4, 0.5) is 18.9 Å². The molecule has 0 bridgehead atoms. The van der Waals surface area contributed by atoms with Gasteiger partial charge < -0.3 is 11.1 Å². The van der Waals surface area contributed by atoms with Crippen molar-refractivity contribution in [1.82, 2.24) is 5.32 Å². The Labute approximate surface area is 115 Å². The summed E-state index contributed by atoms with van der Waals surface area (Å²) in [5.74, 6) is -0.841. The lowest BCUT2D eigenvalue weighted by Crippen LogP contribution is -2.33. The Hall–Kier alpha value is -1.47. The highest BCUT2D eigenvalue weighted by molar-refractivity contribution is 7.21. The fourth-order valence-corrected chi connectivity index (χ4v) is 2.71. The summed E-state index contributed by atoms with van der Waals surface area (Å²) in [7, 11) is 0. The van der Waals surface area contributed by atoms with E-state index < -0.39 is 18.6 Å². The number of halogens is 4. The van der Waals surface area contributed by atoms with E-state index >= 15 is 0 Å². The van der Waals surface area contributed by atoms with Gasteiger partial charge in [-0.05, 0) is 18.2 Å². The van der Waals surface area contributed by atoms with Crippen molar-refractivity contribution in [3.63, 3.8) is 0 Å². The number of hydrogen-bond donors (Lipinski definition) is 2. The summed E-state index contributed by atoms with van der Waals surface area (Å²) in [5.41, 5.74) is 5.90. The van der Waals surface area contributed by atoms with E-state index in [-0.39, 0.29) is 10.6 Å². The van der Waals surface area contributed by atoms with Crippen LogP contribution in [0.25, 0.3) is 10.1 Å². The van der Waals surface area contributed by atoms with Gasteiger partial charge in [0.1, 0.15) is 11.4 Å². The minimum absolute atomic E-state index is 0.0570. The second-order valence-corrected chi connectivity index (χ2v) is 5.27. The number of carbonyl (C=O) groups excluding carboxylic acids is 1.